The Bertz CT molecular complexity index is 1290. The van der Waals surface area contributed by atoms with Crippen molar-refractivity contribution >= 4 is 40.7 Å². The van der Waals surface area contributed by atoms with Gasteiger partial charge in [-0.25, -0.2) is 4.79 Å². The fourth-order valence-electron chi connectivity index (χ4n) is 5.04. The lowest BCUT2D eigenvalue weighted by atomic mass is 9.80. The number of imide groups is 1. The molecule has 0 bridgehead atoms. The monoisotopic (exact) mass is 481 g/mol. The number of hydrogen-bond acceptors (Lipinski definition) is 4. The summed E-state index contributed by atoms with van der Waals surface area (Å²) in [5.41, 5.74) is 3.02. The number of Topliss-reactive ketones (excluding diaryl/α,β-unsaturated/α-hetero) is 1. The van der Waals surface area contributed by atoms with E-state index < -0.39 is 11.6 Å². The molecule has 8 heteroatoms. The van der Waals surface area contributed by atoms with Crippen LogP contribution in [0.5, 0.6) is 0 Å². The van der Waals surface area contributed by atoms with E-state index in [0.717, 1.165) is 45.1 Å². The molecule has 1 N–H and O–H groups in total. The predicted molar refractivity (Wildman–Crippen MR) is 128 cm³/mol. The van der Waals surface area contributed by atoms with Gasteiger partial charge >= 0.3 is 6.03 Å². The lowest BCUT2D eigenvalue weighted by Crippen LogP contribution is -2.46. The zero-order valence-corrected chi connectivity index (χ0v) is 20.1. The number of rotatable bonds is 5. The molecule has 1 aromatic carbocycles. The van der Waals surface area contributed by atoms with Gasteiger partial charge in [0, 0.05) is 39.0 Å². The summed E-state index contributed by atoms with van der Waals surface area (Å²) in [6.45, 7) is 4.08. The van der Waals surface area contributed by atoms with E-state index in [1.165, 1.54) is 0 Å². The summed E-state index contributed by atoms with van der Waals surface area (Å²) in [6.07, 6.45) is 2.29. The molecule has 3 amide bonds. The Morgan fingerprint density at radius 3 is 2.79 bits per heavy atom. The fraction of sp³-hybridized carbons (Fsp3) is 0.320. The fourth-order valence-corrected chi connectivity index (χ4v) is 6.23. The van der Waals surface area contributed by atoms with Crippen LogP contribution in [-0.2, 0) is 23.3 Å². The lowest BCUT2D eigenvalue weighted by molar-refractivity contribution is -0.131. The molecule has 0 radical (unpaired) electrons. The highest BCUT2D eigenvalue weighted by molar-refractivity contribution is 7.10. The third-order valence-electron chi connectivity index (χ3n) is 6.80. The molecule has 3 heterocycles. The van der Waals surface area contributed by atoms with Crippen LogP contribution in [0.4, 0.5) is 4.79 Å². The topological polar surface area (TPSA) is 71.4 Å². The van der Waals surface area contributed by atoms with Crippen molar-refractivity contribution in [1.82, 2.24) is 14.8 Å². The van der Waals surface area contributed by atoms with E-state index in [1.54, 1.807) is 11.3 Å². The molecule has 1 spiro atoms. The highest BCUT2D eigenvalue weighted by Gasteiger charge is 2.54. The minimum atomic E-state index is -1.04. The number of amides is 3. The highest BCUT2D eigenvalue weighted by atomic mass is 35.5. The lowest BCUT2D eigenvalue weighted by Gasteiger charge is -2.31. The van der Waals surface area contributed by atoms with Crippen LogP contribution in [0.25, 0.3) is 0 Å². The Kier molecular flexibility index (Phi) is 5.41. The minimum Gasteiger partial charge on any atom is -0.344 e. The quantitative estimate of drug-likeness (QED) is 0.419. The number of ketones is 1. The van der Waals surface area contributed by atoms with Crippen LogP contribution >= 0.6 is 22.9 Å². The average Bonchev–Trinajstić information content (AvgIpc) is 3.44. The van der Waals surface area contributed by atoms with Gasteiger partial charge in [-0.05, 0) is 62.3 Å². The molecule has 0 saturated carbocycles. The van der Waals surface area contributed by atoms with Gasteiger partial charge in [0.05, 0.1) is 6.54 Å². The summed E-state index contributed by atoms with van der Waals surface area (Å²) in [5.74, 6) is -0.583. The number of benzene rings is 1. The maximum absolute atomic E-state index is 13.4. The normalized spacial score (nSPS) is 19.8. The first-order valence-corrected chi connectivity index (χ1v) is 12.2. The van der Waals surface area contributed by atoms with Crippen LogP contribution in [0.1, 0.15) is 50.6 Å². The van der Waals surface area contributed by atoms with E-state index in [-0.39, 0.29) is 18.2 Å². The van der Waals surface area contributed by atoms with Gasteiger partial charge in [-0.3, -0.25) is 14.5 Å². The molecule has 1 atom stereocenters. The number of urea groups is 1. The number of hydrogen-bond donors (Lipinski definition) is 1. The Morgan fingerprint density at radius 1 is 1.21 bits per heavy atom. The van der Waals surface area contributed by atoms with Crippen LogP contribution in [-0.4, -0.2) is 33.7 Å². The Morgan fingerprint density at radius 2 is 2.00 bits per heavy atom. The second-order valence-electron chi connectivity index (χ2n) is 8.72. The smallest absolute Gasteiger partial charge is 0.325 e. The number of nitrogens with one attached hydrogen (secondary N) is 1. The maximum atomic E-state index is 13.4. The molecule has 1 fully saturated rings. The molecule has 1 aliphatic carbocycles. The van der Waals surface area contributed by atoms with Crippen LogP contribution in [0.3, 0.4) is 0 Å². The van der Waals surface area contributed by atoms with E-state index in [2.05, 4.69) is 5.32 Å². The number of thiophene rings is 1. The van der Waals surface area contributed by atoms with Gasteiger partial charge in [0.15, 0.2) is 5.78 Å². The van der Waals surface area contributed by atoms with Gasteiger partial charge in [0.25, 0.3) is 5.91 Å². The van der Waals surface area contributed by atoms with E-state index in [1.807, 2.05) is 60.2 Å². The number of carbonyl (C=O) groups excluding carboxylic acids is 3. The van der Waals surface area contributed by atoms with Crippen molar-refractivity contribution in [2.24, 2.45) is 0 Å². The number of fused-ring (bicyclic) bond motifs is 2. The third-order valence-corrected chi connectivity index (χ3v) is 8.15. The van der Waals surface area contributed by atoms with Crippen molar-refractivity contribution < 1.29 is 14.4 Å². The van der Waals surface area contributed by atoms with Gasteiger partial charge in [-0.1, -0.05) is 29.8 Å². The van der Waals surface area contributed by atoms with Gasteiger partial charge in [-0.2, -0.15) is 0 Å². The number of carbonyl (C=O) groups is 3. The van der Waals surface area contributed by atoms with Crippen LogP contribution in [0, 0.1) is 13.8 Å². The Labute approximate surface area is 201 Å². The second kappa shape index (κ2) is 8.15. The SMILES string of the molecule is Cc1cc(C(=O)CN2C(=O)N[C@]3(CCCc4sccc43)C2=O)c(C)n1Cc1ccccc1Cl. The van der Waals surface area contributed by atoms with E-state index in [0.29, 0.717) is 23.6 Å². The number of aromatic nitrogens is 1. The summed E-state index contributed by atoms with van der Waals surface area (Å²) in [7, 11) is 0. The van der Waals surface area contributed by atoms with E-state index in [4.69, 9.17) is 11.6 Å². The van der Waals surface area contributed by atoms with Gasteiger partial charge < -0.3 is 9.88 Å². The van der Waals surface area contributed by atoms with Gasteiger partial charge in [0.1, 0.15) is 5.54 Å². The zero-order chi connectivity index (χ0) is 23.3. The van der Waals surface area contributed by atoms with Crippen molar-refractivity contribution in [3.63, 3.8) is 0 Å². The van der Waals surface area contributed by atoms with Crippen molar-refractivity contribution in [3.8, 4) is 0 Å². The summed E-state index contributed by atoms with van der Waals surface area (Å²) >= 11 is 7.93. The van der Waals surface area contributed by atoms with Crippen molar-refractivity contribution in [2.75, 3.05) is 6.54 Å². The molecule has 2 aromatic heterocycles. The van der Waals surface area contributed by atoms with Crippen LogP contribution < -0.4 is 5.32 Å². The molecule has 33 heavy (non-hydrogen) atoms. The first-order chi connectivity index (χ1) is 15.8. The molecule has 1 aliphatic heterocycles. The second-order valence-corrected chi connectivity index (χ2v) is 10.1. The maximum Gasteiger partial charge on any atom is 0.325 e. The largest absolute Gasteiger partial charge is 0.344 e. The summed E-state index contributed by atoms with van der Waals surface area (Å²) in [6, 6.07) is 10.8. The Balaban J connectivity index is 1.39. The van der Waals surface area contributed by atoms with Crippen molar-refractivity contribution in [2.45, 2.75) is 45.2 Å². The molecule has 6 nitrogen and oxygen atoms in total. The zero-order valence-electron chi connectivity index (χ0n) is 18.5. The first-order valence-electron chi connectivity index (χ1n) is 11.0. The molecule has 170 valence electrons. The molecule has 5 rings (SSSR count). The standard InChI is InChI=1S/C25H24ClN3O3S/c1-15-12-18(16(2)28(15)13-17-6-3-4-7-20(17)26)21(30)14-29-23(31)25(27-24(29)32)10-5-8-22-19(25)9-11-33-22/h3-4,6-7,9,11-12H,5,8,10,13-14H2,1-2H3,(H,27,32)/t25-/m0/s1. The molecule has 2 aliphatic rings. The van der Waals surface area contributed by atoms with Crippen LogP contribution in [0.2, 0.25) is 5.02 Å². The van der Waals surface area contributed by atoms with Crippen molar-refractivity contribution in [1.29, 1.82) is 0 Å². The first kappa shape index (κ1) is 21.9. The number of halogens is 1. The number of aryl methyl sites for hydroxylation is 2. The molecule has 1 saturated heterocycles. The summed E-state index contributed by atoms with van der Waals surface area (Å²) in [5, 5.41) is 5.54. The molecular weight excluding hydrogens is 458 g/mol. The summed E-state index contributed by atoms with van der Waals surface area (Å²) < 4.78 is 2.03. The highest BCUT2D eigenvalue weighted by Crippen LogP contribution is 2.42. The predicted octanol–water partition coefficient (Wildman–Crippen LogP) is 4.83. The average molecular weight is 482 g/mol. The van der Waals surface area contributed by atoms with E-state index in [9.17, 15) is 14.4 Å². The number of nitrogens with zero attached hydrogens (tertiary/aromatic N) is 2. The van der Waals surface area contributed by atoms with Gasteiger partial charge in [0.2, 0.25) is 0 Å². The molecular formula is C25H24ClN3O3S. The van der Waals surface area contributed by atoms with Gasteiger partial charge in [-0.15, -0.1) is 11.3 Å². The van der Waals surface area contributed by atoms with E-state index >= 15 is 0 Å². The van der Waals surface area contributed by atoms with Crippen molar-refractivity contribution in [3.05, 3.63) is 79.8 Å². The minimum absolute atomic E-state index is 0.254. The molecule has 3 aromatic rings. The third kappa shape index (κ3) is 3.50. The summed E-state index contributed by atoms with van der Waals surface area (Å²) in [4.78, 5) is 41.7. The Hall–Kier alpha value is -2.90. The molecule has 0 unspecified atom stereocenters. The van der Waals surface area contributed by atoms with Crippen LogP contribution in [0.15, 0.2) is 41.8 Å².